The largest absolute Gasteiger partial charge is 2.00 e. The molecule has 0 atom stereocenters. The van der Waals surface area contributed by atoms with Gasteiger partial charge < -0.3 is 16.8 Å². The van der Waals surface area contributed by atoms with Gasteiger partial charge in [0.1, 0.15) is 0 Å². The van der Waals surface area contributed by atoms with Crippen LogP contribution in [0.15, 0.2) is 35.6 Å². The Kier molecular flexibility index (Phi) is 10.9. The number of carbonyl (C=O) groups is 1. The molecular formula is C12H16N2O2Pd. The van der Waals surface area contributed by atoms with E-state index >= 15 is 0 Å². The van der Waals surface area contributed by atoms with Crippen LogP contribution in [0, 0.1) is 6.92 Å². The molecule has 96 valence electrons. The molecule has 0 fully saturated rings. The fourth-order valence-corrected chi connectivity index (χ4v) is 0.605. The summed E-state index contributed by atoms with van der Waals surface area (Å²) in [6.45, 7) is 7.22. The summed E-state index contributed by atoms with van der Waals surface area (Å²) in [4.78, 5) is 17.4. The molecule has 1 rings (SSSR count). The molecule has 1 aromatic heterocycles. The minimum atomic E-state index is -1.26. The van der Waals surface area contributed by atoms with Crippen molar-refractivity contribution in [2.24, 2.45) is 4.99 Å². The molecule has 0 radical (unpaired) electrons. The van der Waals surface area contributed by atoms with Crippen molar-refractivity contribution < 1.29 is 30.3 Å². The Balaban J connectivity index is 0. The minimum Gasteiger partial charge on any atom is -0.544 e. The molecule has 0 saturated heterocycles. The van der Waals surface area contributed by atoms with E-state index < -0.39 is 5.97 Å². The van der Waals surface area contributed by atoms with E-state index in [4.69, 9.17) is 0 Å². The first-order chi connectivity index (χ1) is 7.48. The first kappa shape index (κ1) is 18.3. The monoisotopic (exact) mass is 326 g/mol. The molecule has 1 aromatic rings. The van der Waals surface area contributed by atoms with Gasteiger partial charge in [-0.2, -0.15) is 6.42 Å². The summed E-state index contributed by atoms with van der Waals surface area (Å²) in [5.74, 6) is -1.26. The van der Waals surface area contributed by atoms with E-state index in [-0.39, 0.29) is 26.0 Å². The van der Waals surface area contributed by atoms with E-state index in [1.807, 2.05) is 18.2 Å². The summed E-state index contributed by atoms with van der Waals surface area (Å²) >= 11 is 0. The Morgan fingerprint density at radius 3 is 2.18 bits per heavy atom. The summed E-state index contributed by atoms with van der Waals surface area (Å²) in [5, 5.41) is 9.88. The second kappa shape index (κ2) is 10.1. The molecule has 17 heavy (non-hydrogen) atoms. The van der Waals surface area contributed by atoms with Gasteiger partial charge >= 0.3 is 20.4 Å². The predicted octanol–water partition coefficient (Wildman–Crippen LogP) is 0.889. The second-order valence-corrected chi connectivity index (χ2v) is 3.66. The fraction of sp³-hybridized carbons (Fsp3) is 0.333. The van der Waals surface area contributed by atoms with Gasteiger partial charge in [0.05, 0.1) is 5.97 Å². The van der Waals surface area contributed by atoms with Gasteiger partial charge in [-0.05, 0) is 26.0 Å². The molecule has 0 unspecified atom stereocenters. The number of carboxylic acid groups (broad SMARTS) is 1. The standard InChI is InChI=1S/C7H12NO2.C5H5N.Pd/c1-4-7(2,3)8-5-6(9)10;1-2-4-6-5-3-1;/h5H,1,4H2,2-3H3,(H,9,10);1-5H;/q-1;;+2/p-1. The smallest absolute Gasteiger partial charge is 0.544 e. The third-order valence-electron chi connectivity index (χ3n) is 1.70. The van der Waals surface area contributed by atoms with Crippen molar-refractivity contribution >= 4 is 12.2 Å². The summed E-state index contributed by atoms with van der Waals surface area (Å²) in [5.41, 5.74) is -0.389. The molecule has 5 heteroatoms. The van der Waals surface area contributed by atoms with Crippen LogP contribution in [0.1, 0.15) is 20.3 Å². The van der Waals surface area contributed by atoms with Gasteiger partial charge in [0, 0.05) is 24.1 Å². The van der Waals surface area contributed by atoms with Crippen LogP contribution in [0.25, 0.3) is 0 Å². The maximum absolute atomic E-state index is 9.88. The molecule has 0 saturated carbocycles. The molecule has 1 heterocycles. The van der Waals surface area contributed by atoms with Crippen molar-refractivity contribution in [1.82, 2.24) is 4.98 Å². The number of carboxylic acids is 1. The van der Waals surface area contributed by atoms with E-state index in [0.717, 1.165) is 6.21 Å². The Morgan fingerprint density at radius 1 is 1.41 bits per heavy atom. The molecule has 0 spiro atoms. The van der Waals surface area contributed by atoms with Gasteiger partial charge in [-0.25, -0.2) is 0 Å². The number of hydrogen-bond acceptors (Lipinski definition) is 4. The van der Waals surface area contributed by atoms with Crippen LogP contribution in [-0.4, -0.2) is 22.7 Å². The molecule has 0 aliphatic rings. The SMILES string of the molecule is [CH2-]CC(C)(C)N=CC(=O)[O-].[Pd+2].c1ccncc1. The Bertz CT molecular complexity index is 300. The normalized spacial score (nSPS) is 10.1. The van der Waals surface area contributed by atoms with Gasteiger partial charge in [-0.1, -0.05) is 6.07 Å². The maximum atomic E-state index is 9.88. The zero-order valence-corrected chi connectivity index (χ0v) is 11.5. The number of aliphatic imine (C=N–C) groups is 1. The van der Waals surface area contributed by atoms with E-state index in [2.05, 4.69) is 16.9 Å². The molecular weight excluding hydrogens is 311 g/mol. The summed E-state index contributed by atoms with van der Waals surface area (Å²) in [6.07, 6.45) is 4.86. The van der Waals surface area contributed by atoms with Gasteiger partial charge in [0.25, 0.3) is 0 Å². The quantitative estimate of drug-likeness (QED) is 0.471. The number of aliphatic carboxylic acids is 1. The van der Waals surface area contributed by atoms with Crippen molar-refractivity contribution in [3.8, 4) is 0 Å². The van der Waals surface area contributed by atoms with Crippen molar-refractivity contribution in [2.75, 3.05) is 0 Å². The Labute approximate surface area is 116 Å². The first-order valence-corrected chi connectivity index (χ1v) is 4.88. The van der Waals surface area contributed by atoms with Crippen LogP contribution >= 0.6 is 0 Å². The van der Waals surface area contributed by atoms with Crippen molar-refractivity contribution in [1.29, 1.82) is 0 Å². The van der Waals surface area contributed by atoms with Crippen LogP contribution in [0.4, 0.5) is 0 Å². The van der Waals surface area contributed by atoms with Crippen molar-refractivity contribution in [2.45, 2.75) is 25.8 Å². The maximum Gasteiger partial charge on any atom is 2.00 e. The Morgan fingerprint density at radius 2 is 1.94 bits per heavy atom. The van der Waals surface area contributed by atoms with Gasteiger partial charge in [0.2, 0.25) is 0 Å². The first-order valence-electron chi connectivity index (χ1n) is 4.88. The minimum absolute atomic E-state index is 0. The van der Waals surface area contributed by atoms with Crippen LogP contribution in [0.5, 0.6) is 0 Å². The average Bonchev–Trinajstić information content (AvgIpc) is 2.30. The van der Waals surface area contributed by atoms with E-state index in [0.29, 0.717) is 6.42 Å². The zero-order chi connectivity index (χ0) is 12.4. The van der Waals surface area contributed by atoms with Crippen molar-refractivity contribution in [3.63, 3.8) is 0 Å². The van der Waals surface area contributed by atoms with Gasteiger partial charge in [-0.15, -0.1) is 0 Å². The van der Waals surface area contributed by atoms with Gasteiger partial charge in [0.15, 0.2) is 0 Å². The molecule has 0 aliphatic carbocycles. The van der Waals surface area contributed by atoms with Crippen LogP contribution < -0.4 is 5.11 Å². The topological polar surface area (TPSA) is 65.4 Å². The molecule has 4 nitrogen and oxygen atoms in total. The third-order valence-corrected chi connectivity index (χ3v) is 1.70. The van der Waals surface area contributed by atoms with Crippen LogP contribution in [-0.2, 0) is 25.2 Å². The van der Waals surface area contributed by atoms with Crippen LogP contribution in [0.2, 0.25) is 0 Å². The van der Waals surface area contributed by atoms with E-state index in [1.54, 1.807) is 26.2 Å². The average molecular weight is 327 g/mol. The van der Waals surface area contributed by atoms with Crippen LogP contribution in [0.3, 0.4) is 0 Å². The number of pyridine rings is 1. The molecule has 0 amide bonds. The number of hydrogen-bond donors (Lipinski definition) is 0. The van der Waals surface area contributed by atoms with E-state index in [1.165, 1.54) is 0 Å². The predicted molar refractivity (Wildman–Crippen MR) is 61.8 cm³/mol. The zero-order valence-electron chi connectivity index (χ0n) is 9.91. The van der Waals surface area contributed by atoms with Crippen molar-refractivity contribution in [3.05, 3.63) is 37.5 Å². The fourth-order valence-electron chi connectivity index (χ4n) is 0.605. The number of carbonyl (C=O) groups excluding carboxylic acids is 1. The second-order valence-electron chi connectivity index (χ2n) is 3.66. The number of aromatic nitrogens is 1. The summed E-state index contributed by atoms with van der Waals surface area (Å²) in [6, 6.07) is 5.72. The number of nitrogens with zero attached hydrogens (tertiary/aromatic N) is 2. The Hall–Kier alpha value is -1.05. The summed E-state index contributed by atoms with van der Waals surface area (Å²) in [7, 11) is 0. The molecule has 0 aliphatic heterocycles. The van der Waals surface area contributed by atoms with E-state index in [9.17, 15) is 9.90 Å². The molecule has 0 aromatic carbocycles. The number of rotatable bonds is 3. The van der Waals surface area contributed by atoms with Gasteiger partial charge in [-0.3, -0.25) is 9.98 Å². The molecule has 0 bridgehead atoms. The molecule has 0 N–H and O–H groups in total. The third kappa shape index (κ3) is 12.9. The summed E-state index contributed by atoms with van der Waals surface area (Å²) < 4.78 is 0.